The quantitative estimate of drug-likeness (QED) is 0.184. The van der Waals surface area contributed by atoms with Crippen molar-refractivity contribution in [3.8, 4) is 46.0 Å². The van der Waals surface area contributed by atoms with Crippen molar-refractivity contribution in [2.75, 3.05) is 62.1 Å². The smallest absolute Gasteiger partial charge is 0.212 e. The summed E-state index contributed by atoms with van der Waals surface area (Å²) in [5.74, 6) is 5.11. The summed E-state index contributed by atoms with van der Waals surface area (Å²) >= 11 is 0. The van der Waals surface area contributed by atoms with E-state index in [2.05, 4.69) is 95.6 Å². The predicted molar refractivity (Wildman–Crippen MR) is 216 cm³/mol. The number of hydrogen-bond acceptors (Lipinski definition) is 9. The van der Waals surface area contributed by atoms with Gasteiger partial charge in [-0.3, -0.25) is 14.7 Å². The van der Waals surface area contributed by atoms with Gasteiger partial charge >= 0.3 is 0 Å². The van der Waals surface area contributed by atoms with E-state index in [4.69, 9.17) is 23.7 Å². The van der Waals surface area contributed by atoms with Crippen LogP contribution in [0.25, 0.3) is 0 Å². The number of methoxy groups -OCH3 is 3. The number of hydrogen-bond donors (Lipinski definition) is 1. The molecular weight excluding hydrogens is 679 g/mol. The summed E-state index contributed by atoms with van der Waals surface area (Å²) in [5.41, 5.74) is 6.97. The van der Waals surface area contributed by atoms with Gasteiger partial charge in [-0.25, -0.2) is 0 Å². The Morgan fingerprint density at radius 3 is 1.50 bits per heavy atom. The second-order valence-electron chi connectivity index (χ2n) is 17.2. The van der Waals surface area contributed by atoms with E-state index < -0.39 is 0 Å². The van der Waals surface area contributed by atoms with Crippen molar-refractivity contribution in [2.24, 2.45) is 17.8 Å². The fourth-order valence-corrected chi connectivity index (χ4v) is 9.00. The maximum absolute atomic E-state index is 12.0. The Labute approximate surface area is 324 Å². The topological polar surface area (TPSA) is 76.1 Å². The van der Waals surface area contributed by atoms with Crippen molar-refractivity contribution in [3.63, 3.8) is 0 Å². The van der Waals surface area contributed by atoms with Crippen LogP contribution in [0.5, 0.6) is 46.0 Å². The van der Waals surface area contributed by atoms with Crippen LogP contribution in [0.4, 0.5) is 0 Å². The first kappa shape index (κ1) is 40.0. The van der Waals surface area contributed by atoms with Crippen LogP contribution in [0, 0.1) is 17.8 Å². The van der Waals surface area contributed by atoms with E-state index >= 15 is 0 Å². The zero-order valence-electron chi connectivity index (χ0n) is 35.0. The maximum Gasteiger partial charge on any atom is 0.212 e. The van der Waals surface area contributed by atoms with E-state index in [9.17, 15) is 5.11 Å². The van der Waals surface area contributed by atoms with E-state index in [-0.39, 0.29) is 23.9 Å². The third-order valence-electron chi connectivity index (χ3n) is 11.9. The number of aromatic hydroxyl groups is 1. The van der Waals surface area contributed by atoms with Gasteiger partial charge in [0.25, 0.3) is 0 Å². The van der Waals surface area contributed by atoms with Gasteiger partial charge in [0.05, 0.1) is 21.3 Å². The molecular formula is C45H65N3O6. The van der Waals surface area contributed by atoms with Gasteiger partial charge in [-0.1, -0.05) is 41.5 Å². The second-order valence-corrected chi connectivity index (χ2v) is 17.2. The highest BCUT2D eigenvalue weighted by Gasteiger charge is 2.38. The highest BCUT2D eigenvalue weighted by atomic mass is 16.6. The Morgan fingerprint density at radius 1 is 0.537 bits per heavy atom. The van der Waals surface area contributed by atoms with Crippen molar-refractivity contribution in [1.29, 1.82) is 0 Å². The van der Waals surface area contributed by atoms with Crippen LogP contribution >= 0.6 is 0 Å². The van der Waals surface area contributed by atoms with E-state index in [1.54, 1.807) is 21.3 Å². The second kappa shape index (κ2) is 16.6. The predicted octanol–water partition coefficient (Wildman–Crippen LogP) is 9.73. The molecule has 0 aliphatic carbocycles. The highest BCUT2D eigenvalue weighted by molar-refractivity contribution is 5.67. The molecule has 0 bridgehead atoms. The molecule has 3 aliphatic heterocycles. The molecule has 9 heteroatoms. The molecule has 0 spiro atoms. The van der Waals surface area contributed by atoms with Gasteiger partial charge in [0.15, 0.2) is 34.5 Å². The Balaban J connectivity index is 1.62. The highest BCUT2D eigenvalue weighted by Crippen LogP contribution is 2.57. The molecule has 0 radical (unpaired) electrons. The third kappa shape index (κ3) is 7.87. The minimum absolute atomic E-state index is 0.0206. The molecule has 3 aromatic carbocycles. The summed E-state index contributed by atoms with van der Waals surface area (Å²) in [6.45, 7) is 16.4. The fraction of sp³-hybridized carbons (Fsp3) is 0.600. The molecule has 0 amide bonds. The Hall–Kier alpha value is -3.66. The lowest BCUT2D eigenvalue weighted by atomic mass is 9.86. The minimum Gasteiger partial charge on any atom is -0.502 e. The lowest BCUT2D eigenvalue weighted by molar-refractivity contribution is 0.193. The third-order valence-corrected chi connectivity index (χ3v) is 11.9. The molecule has 0 saturated carbocycles. The van der Waals surface area contributed by atoms with Crippen LogP contribution in [0.2, 0.25) is 0 Å². The summed E-state index contributed by atoms with van der Waals surface area (Å²) < 4.78 is 32.6. The fourth-order valence-electron chi connectivity index (χ4n) is 9.00. The minimum atomic E-state index is -0.0206. The molecule has 0 unspecified atom stereocenters. The molecule has 6 rings (SSSR count). The zero-order chi connectivity index (χ0) is 39.0. The number of phenols is 1. The standard InChI is InChI=1S/C45H65N3O6/c1-26(2)19-33-32-25-37(36(50-10)22-29(32)13-16-46(33)7)53-45-41-31(15-18-48(9)35(41)21-28(5)6)24-39(52-12)43(45)54-44-40-30(23-38(51-11)42(44)49)14-17-47(8)34(40)20-27(3)4/h22-28,33-35,49H,13-21H2,1-12H3/t33-,34-,35+/m0/s1. The van der Waals surface area contributed by atoms with Gasteiger partial charge in [-0.05, 0) is 124 Å². The summed E-state index contributed by atoms with van der Waals surface area (Å²) in [6.07, 6.45) is 5.51. The van der Waals surface area contributed by atoms with Gasteiger partial charge in [-0.15, -0.1) is 0 Å². The van der Waals surface area contributed by atoms with Crippen molar-refractivity contribution in [3.05, 3.63) is 57.6 Å². The van der Waals surface area contributed by atoms with Crippen molar-refractivity contribution in [2.45, 2.75) is 98.2 Å². The van der Waals surface area contributed by atoms with E-state index in [1.165, 1.54) is 16.7 Å². The molecule has 1 N–H and O–H groups in total. The van der Waals surface area contributed by atoms with Gasteiger partial charge in [0.2, 0.25) is 11.5 Å². The number of ether oxygens (including phenoxy) is 5. The van der Waals surface area contributed by atoms with Gasteiger partial charge in [0.1, 0.15) is 0 Å². The molecule has 0 saturated heterocycles. The van der Waals surface area contributed by atoms with Gasteiger partial charge < -0.3 is 28.8 Å². The Morgan fingerprint density at radius 2 is 0.981 bits per heavy atom. The first-order valence-corrected chi connectivity index (χ1v) is 20.1. The summed E-state index contributed by atoms with van der Waals surface area (Å²) in [6, 6.07) is 8.87. The molecule has 296 valence electrons. The van der Waals surface area contributed by atoms with Crippen LogP contribution in [-0.2, 0) is 19.3 Å². The van der Waals surface area contributed by atoms with Crippen LogP contribution < -0.4 is 23.7 Å². The average molecular weight is 744 g/mol. The molecule has 3 heterocycles. The van der Waals surface area contributed by atoms with E-state index in [1.807, 2.05) is 6.07 Å². The number of phenolic OH excluding ortho intramolecular Hbond substituents is 1. The molecule has 54 heavy (non-hydrogen) atoms. The van der Waals surface area contributed by atoms with Crippen LogP contribution in [0.15, 0.2) is 24.3 Å². The number of fused-ring (bicyclic) bond motifs is 3. The summed E-state index contributed by atoms with van der Waals surface area (Å²) in [4.78, 5) is 7.27. The maximum atomic E-state index is 12.0. The first-order valence-electron chi connectivity index (χ1n) is 20.1. The lowest BCUT2D eigenvalue weighted by Gasteiger charge is -2.39. The average Bonchev–Trinajstić information content (AvgIpc) is 3.12. The molecule has 3 aromatic rings. The first-order chi connectivity index (χ1) is 25.8. The Kier molecular flexibility index (Phi) is 12.3. The normalized spacial score (nSPS) is 20.5. The van der Waals surface area contributed by atoms with Gasteiger partial charge in [0, 0.05) is 48.9 Å². The number of nitrogens with zero attached hydrogens (tertiary/aromatic N) is 3. The molecule has 9 nitrogen and oxygen atoms in total. The zero-order valence-corrected chi connectivity index (χ0v) is 35.0. The molecule has 0 fully saturated rings. The number of rotatable bonds is 13. The Bertz CT molecular complexity index is 1810. The SMILES string of the molecule is COc1cc2c(cc1Oc1c(Oc3c(O)c(OC)cc4c3[C@H](CC(C)C)N(C)CC4)c(OC)cc3c1[C@@H](CC(C)C)N(C)CC3)[C@H](CC(C)C)N(C)CC2. The number of likely N-dealkylation sites (N-methyl/N-ethyl adjacent to an activating group) is 3. The van der Waals surface area contributed by atoms with Crippen molar-refractivity contribution >= 4 is 0 Å². The van der Waals surface area contributed by atoms with Crippen LogP contribution in [0.3, 0.4) is 0 Å². The van der Waals surface area contributed by atoms with Crippen molar-refractivity contribution < 1.29 is 28.8 Å². The van der Waals surface area contributed by atoms with Crippen molar-refractivity contribution in [1.82, 2.24) is 14.7 Å². The monoisotopic (exact) mass is 743 g/mol. The van der Waals surface area contributed by atoms with Crippen LogP contribution in [0.1, 0.15) is 112 Å². The summed E-state index contributed by atoms with van der Waals surface area (Å²) in [7, 11) is 11.6. The van der Waals surface area contributed by atoms with Crippen LogP contribution in [-0.4, -0.2) is 81.9 Å². The molecule has 3 aliphatic rings. The summed E-state index contributed by atoms with van der Waals surface area (Å²) in [5, 5.41) is 12.0. The molecule has 0 aromatic heterocycles. The number of benzene rings is 3. The van der Waals surface area contributed by atoms with Gasteiger partial charge in [-0.2, -0.15) is 0 Å². The lowest BCUT2D eigenvalue weighted by Crippen LogP contribution is -2.34. The van der Waals surface area contributed by atoms with E-state index in [0.29, 0.717) is 58.0 Å². The van der Waals surface area contributed by atoms with E-state index in [0.717, 1.165) is 74.8 Å². The largest absolute Gasteiger partial charge is 0.502 e. The molecule has 3 atom stereocenters.